The molecule has 5 heteroatoms. The fraction of sp³-hybridized carbons (Fsp3) is 0.200. The molecule has 0 heterocycles. The number of hydrogen-bond donors (Lipinski definition) is 1. The third-order valence-electron chi connectivity index (χ3n) is 0.873. The van der Waals surface area contributed by atoms with E-state index in [1.807, 2.05) is 0 Å². The molecular formula is C5H3N2O2P. The van der Waals surface area contributed by atoms with Crippen LogP contribution in [0.3, 0.4) is 0 Å². The average Bonchev–Trinajstić information content (AvgIpc) is 1.92. The van der Waals surface area contributed by atoms with Crippen molar-refractivity contribution in [3.63, 3.8) is 0 Å². The van der Waals surface area contributed by atoms with Crippen molar-refractivity contribution in [1.82, 2.24) is 0 Å². The molecule has 0 aromatic rings. The van der Waals surface area contributed by atoms with Crippen LogP contribution in [-0.4, -0.2) is 10.0 Å². The molecule has 0 aromatic carbocycles. The maximum Gasteiger partial charge on any atom is 0.275 e. The summed E-state index contributed by atoms with van der Waals surface area (Å²) in [4.78, 5) is 8.42. The van der Waals surface area contributed by atoms with Gasteiger partial charge in [-0.3, -0.25) is 4.57 Å². The second-order valence-corrected chi connectivity index (χ2v) is 2.78. The van der Waals surface area contributed by atoms with Crippen molar-refractivity contribution in [2.75, 3.05) is 0 Å². The molecule has 0 radical (unpaired) electrons. The van der Waals surface area contributed by atoms with Crippen molar-refractivity contribution in [1.29, 1.82) is 10.5 Å². The number of nitrogens with zero attached hydrogens (tertiary/aromatic N) is 2. The van der Waals surface area contributed by atoms with Crippen LogP contribution in [0.2, 0.25) is 0 Å². The second-order valence-electron chi connectivity index (χ2n) is 1.42. The van der Waals surface area contributed by atoms with Crippen molar-refractivity contribution in [3.05, 3.63) is 0 Å². The first-order valence-corrected chi connectivity index (χ1v) is 3.52. The van der Waals surface area contributed by atoms with Gasteiger partial charge in [-0.15, -0.1) is 6.42 Å². The van der Waals surface area contributed by atoms with Gasteiger partial charge in [-0.05, 0) is 0 Å². The van der Waals surface area contributed by atoms with Crippen LogP contribution in [0.1, 0.15) is 0 Å². The molecule has 0 spiro atoms. The number of nitriles is 2. The van der Waals surface area contributed by atoms with Crippen LogP contribution in [0.4, 0.5) is 0 Å². The molecule has 0 bridgehead atoms. The van der Waals surface area contributed by atoms with Gasteiger partial charge >= 0.3 is 0 Å². The van der Waals surface area contributed by atoms with Gasteiger partial charge in [0.2, 0.25) is 8.03 Å². The second kappa shape index (κ2) is 3.04. The predicted molar refractivity (Wildman–Crippen MR) is 34.0 cm³/mol. The Morgan fingerprint density at radius 2 is 1.90 bits per heavy atom. The van der Waals surface area contributed by atoms with Crippen LogP contribution >= 0.6 is 8.03 Å². The molecule has 10 heavy (non-hydrogen) atoms. The Kier molecular flexibility index (Phi) is 2.65. The first-order valence-electron chi connectivity index (χ1n) is 2.16. The van der Waals surface area contributed by atoms with Crippen LogP contribution in [0.15, 0.2) is 0 Å². The Hall–Kier alpha value is -1.27. The summed E-state index contributed by atoms with van der Waals surface area (Å²) < 4.78 is 10.3. The standard InChI is InChI=1S/C5H3N2O2P/c1-2-5(3-6,4-7)10(8)9/h1,10H,(H,8,9). The molecule has 0 aliphatic heterocycles. The van der Waals surface area contributed by atoms with Gasteiger partial charge in [0.15, 0.2) is 0 Å². The summed E-state index contributed by atoms with van der Waals surface area (Å²) in [6.07, 6.45) is 4.70. The van der Waals surface area contributed by atoms with Gasteiger partial charge in [0, 0.05) is 0 Å². The largest absolute Gasteiger partial charge is 0.344 e. The lowest BCUT2D eigenvalue weighted by Crippen LogP contribution is -2.15. The van der Waals surface area contributed by atoms with Crippen molar-refractivity contribution >= 4 is 8.03 Å². The van der Waals surface area contributed by atoms with Crippen molar-refractivity contribution < 1.29 is 9.46 Å². The smallest absolute Gasteiger partial charge is 0.275 e. The Morgan fingerprint density at radius 1 is 1.50 bits per heavy atom. The lowest BCUT2D eigenvalue weighted by atomic mass is 10.2. The highest BCUT2D eigenvalue weighted by Gasteiger charge is 2.33. The normalized spacial score (nSPS) is 12.2. The number of terminal acetylenes is 1. The summed E-state index contributed by atoms with van der Waals surface area (Å²) in [7, 11) is -3.29. The zero-order valence-corrected chi connectivity index (χ0v) is 5.83. The van der Waals surface area contributed by atoms with E-state index in [0.29, 0.717) is 0 Å². The van der Waals surface area contributed by atoms with E-state index in [0.717, 1.165) is 0 Å². The molecule has 0 aliphatic carbocycles. The summed E-state index contributed by atoms with van der Waals surface area (Å²) in [5, 5.41) is 14.3. The Labute approximate surface area is 58.6 Å². The maximum atomic E-state index is 10.3. The molecule has 4 nitrogen and oxygen atoms in total. The summed E-state index contributed by atoms with van der Waals surface area (Å²) in [6.45, 7) is 0. The minimum Gasteiger partial charge on any atom is -0.344 e. The number of rotatable bonds is 1. The number of hydrogen-bond acceptors (Lipinski definition) is 3. The van der Waals surface area contributed by atoms with Gasteiger partial charge < -0.3 is 4.89 Å². The highest BCUT2D eigenvalue weighted by atomic mass is 31.1. The van der Waals surface area contributed by atoms with Gasteiger partial charge in [0.25, 0.3) is 5.16 Å². The van der Waals surface area contributed by atoms with Gasteiger partial charge in [-0.2, -0.15) is 10.5 Å². The first kappa shape index (κ1) is 8.73. The van der Waals surface area contributed by atoms with Crippen molar-refractivity contribution in [2.24, 2.45) is 0 Å². The van der Waals surface area contributed by atoms with E-state index in [1.54, 1.807) is 5.92 Å². The molecule has 0 saturated carbocycles. The molecule has 0 rings (SSSR count). The zero-order chi connectivity index (χ0) is 8.20. The summed E-state index contributed by atoms with van der Waals surface area (Å²) in [5.41, 5.74) is 0. The van der Waals surface area contributed by atoms with Gasteiger partial charge in [0.05, 0.1) is 0 Å². The Balaban J connectivity index is 5.00. The SMILES string of the molecule is C#CC(C#N)(C#N)[PH](=O)O. The van der Waals surface area contributed by atoms with E-state index in [1.165, 1.54) is 12.1 Å². The lowest BCUT2D eigenvalue weighted by molar-refractivity contribution is 0.496. The topological polar surface area (TPSA) is 84.9 Å². The fourth-order valence-electron chi connectivity index (χ4n) is 0.247. The highest BCUT2D eigenvalue weighted by molar-refractivity contribution is 7.41. The van der Waals surface area contributed by atoms with Crippen molar-refractivity contribution in [2.45, 2.75) is 5.16 Å². The van der Waals surface area contributed by atoms with Crippen LogP contribution < -0.4 is 0 Å². The molecule has 0 aromatic heterocycles. The van der Waals surface area contributed by atoms with E-state index in [9.17, 15) is 4.57 Å². The molecule has 1 N–H and O–H groups in total. The molecule has 50 valence electrons. The van der Waals surface area contributed by atoms with E-state index in [-0.39, 0.29) is 0 Å². The average molecular weight is 154 g/mol. The summed E-state index contributed by atoms with van der Waals surface area (Å²) in [6, 6.07) is 2.60. The van der Waals surface area contributed by atoms with Crippen LogP contribution in [0.5, 0.6) is 0 Å². The third-order valence-corrected chi connectivity index (χ3v) is 1.88. The van der Waals surface area contributed by atoms with Gasteiger partial charge in [-0.1, -0.05) is 5.92 Å². The Bertz CT molecular complexity index is 241. The van der Waals surface area contributed by atoms with E-state index >= 15 is 0 Å². The van der Waals surface area contributed by atoms with Crippen molar-refractivity contribution in [3.8, 4) is 24.5 Å². The highest BCUT2D eigenvalue weighted by Crippen LogP contribution is 2.32. The quantitative estimate of drug-likeness (QED) is 0.421. The fourth-order valence-corrected chi connectivity index (χ4v) is 0.562. The predicted octanol–water partition coefficient (Wildman–Crippen LogP) is -0.127. The molecule has 1 unspecified atom stereocenters. The van der Waals surface area contributed by atoms with Crippen LogP contribution in [0, 0.1) is 35.0 Å². The maximum absolute atomic E-state index is 10.3. The zero-order valence-electron chi connectivity index (χ0n) is 4.83. The first-order chi connectivity index (χ1) is 4.63. The minimum absolute atomic E-state index is 1.30. The van der Waals surface area contributed by atoms with Gasteiger partial charge in [-0.25, -0.2) is 0 Å². The minimum atomic E-state index is -3.29. The summed E-state index contributed by atoms with van der Waals surface area (Å²) in [5.74, 6) is 1.67. The molecule has 1 atom stereocenters. The molecule has 0 aliphatic rings. The molecule has 0 amide bonds. The molecular weight excluding hydrogens is 151 g/mol. The lowest BCUT2D eigenvalue weighted by Gasteiger charge is -2.03. The van der Waals surface area contributed by atoms with E-state index in [4.69, 9.17) is 21.8 Å². The van der Waals surface area contributed by atoms with Crippen LogP contribution in [-0.2, 0) is 4.57 Å². The summed E-state index contributed by atoms with van der Waals surface area (Å²) >= 11 is 0. The van der Waals surface area contributed by atoms with E-state index in [2.05, 4.69) is 0 Å². The Morgan fingerprint density at radius 3 is 1.90 bits per heavy atom. The monoisotopic (exact) mass is 154 g/mol. The van der Waals surface area contributed by atoms with Crippen LogP contribution in [0.25, 0.3) is 0 Å². The molecule has 0 fully saturated rings. The third kappa shape index (κ3) is 1.17. The van der Waals surface area contributed by atoms with Gasteiger partial charge in [0.1, 0.15) is 12.1 Å². The van der Waals surface area contributed by atoms with E-state index < -0.39 is 13.2 Å². The molecule has 0 saturated heterocycles.